The fraction of sp³-hybridized carbons (Fsp3) is 0.500. The predicted molar refractivity (Wildman–Crippen MR) is 162 cm³/mol. The normalized spacial score (nSPS) is 11.8. The van der Waals surface area contributed by atoms with Crippen molar-refractivity contribution < 1.29 is 40.4 Å². The van der Waals surface area contributed by atoms with Gasteiger partial charge in [0.05, 0.1) is 11.5 Å². The Labute approximate surface area is 262 Å². The molecule has 0 aliphatic rings. The minimum Gasteiger partial charge on any atom is -0.465 e. The molecule has 0 saturated heterocycles. The first kappa shape index (κ1) is 35.7. The van der Waals surface area contributed by atoms with Crippen LogP contribution in [0.1, 0.15) is 93.4 Å². The molecule has 0 aliphatic carbocycles. The van der Waals surface area contributed by atoms with Gasteiger partial charge in [-0.1, -0.05) is 81.6 Å². The van der Waals surface area contributed by atoms with Crippen LogP contribution >= 0.6 is 0 Å². The molecule has 2 aromatic carbocycles. The van der Waals surface area contributed by atoms with Crippen molar-refractivity contribution in [2.24, 2.45) is 0 Å². The van der Waals surface area contributed by atoms with Crippen molar-refractivity contribution in [1.29, 1.82) is 0 Å². The van der Waals surface area contributed by atoms with E-state index in [9.17, 15) is 31.2 Å². The van der Waals surface area contributed by atoms with Gasteiger partial charge >= 0.3 is 11.5 Å². The molecule has 0 fully saturated rings. The Balaban J connectivity index is 1.67. The maximum absolute atomic E-state index is 13.5. The van der Waals surface area contributed by atoms with Gasteiger partial charge in [0.2, 0.25) is 0 Å². The van der Waals surface area contributed by atoms with Crippen LogP contribution in [-0.4, -0.2) is 54.0 Å². The quantitative estimate of drug-likeness (QED) is 0.104. The van der Waals surface area contributed by atoms with Gasteiger partial charge < -0.3 is 14.2 Å². The summed E-state index contributed by atoms with van der Waals surface area (Å²) in [5.74, 6) is -0.429. The van der Waals surface area contributed by atoms with Gasteiger partial charge in [0, 0.05) is 24.1 Å². The number of carbonyl (C=O) groups excluding carboxylic acids is 2. The van der Waals surface area contributed by atoms with Crippen molar-refractivity contribution in [1.82, 2.24) is 15.0 Å². The summed E-state index contributed by atoms with van der Waals surface area (Å²) in [4.78, 5) is 30.6. The lowest BCUT2D eigenvalue weighted by molar-refractivity contribution is -0.143. The zero-order valence-electron chi connectivity index (χ0n) is 25.6. The molecule has 0 bridgehead atoms. The molecule has 13 heteroatoms. The summed E-state index contributed by atoms with van der Waals surface area (Å²) in [5, 5.41) is 4.07. The lowest BCUT2D eigenvalue weighted by atomic mass is 10.1. The molecule has 0 atom stereocenters. The van der Waals surface area contributed by atoms with Crippen molar-refractivity contribution in [3.05, 3.63) is 65.5 Å². The van der Waals surface area contributed by atoms with Gasteiger partial charge in [-0.15, -0.1) is 0 Å². The second kappa shape index (κ2) is 17.1. The molecule has 0 aliphatic heterocycles. The van der Waals surface area contributed by atoms with Crippen LogP contribution in [0, 0.1) is 0 Å². The first-order valence-electron chi connectivity index (χ1n) is 15.2. The Kier molecular flexibility index (Phi) is 13.6. The number of carbonyl (C=O) groups is 2. The molecule has 0 saturated carbocycles. The second-order valence-corrected chi connectivity index (χ2v) is 12.7. The number of amides is 1. The molecule has 0 spiro atoms. The van der Waals surface area contributed by atoms with E-state index in [0.29, 0.717) is 23.4 Å². The molecular formula is C32H40F3N3O6S. The summed E-state index contributed by atoms with van der Waals surface area (Å²) in [6, 6.07) is 10.4. The third kappa shape index (κ3) is 10.7. The summed E-state index contributed by atoms with van der Waals surface area (Å²) in [5.41, 5.74) is -4.43. The number of rotatable bonds is 18. The number of hydrogen-bond acceptors (Lipinski definition) is 8. The number of ether oxygens (including phenoxy) is 1. The Morgan fingerprint density at radius 2 is 1.56 bits per heavy atom. The van der Waals surface area contributed by atoms with E-state index >= 15 is 0 Å². The molecule has 3 rings (SSSR count). The number of unbranched alkanes of at least 4 members (excludes halogenated alkanes) is 8. The average Bonchev–Trinajstić information content (AvgIpc) is 3.48. The summed E-state index contributed by atoms with van der Waals surface area (Å²) in [6.45, 7) is 3.27. The molecule has 9 nitrogen and oxygen atoms in total. The third-order valence-electron chi connectivity index (χ3n) is 7.15. The van der Waals surface area contributed by atoms with Crippen LogP contribution in [-0.2, 0) is 32.3 Å². The number of esters is 1. The molecule has 0 radical (unpaired) electrons. The Hall–Kier alpha value is -3.74. The maximum Gasteiger partial charge on any atom is 0.501 e. The molecule has 1 amide bonds. The maximum atomic E-state index is 13.5. The van der Waals surface area contributed by atoms with Gasteiger partial charge in [0.1, 0.15) is 6.54 Å². The van der Waals surface area contributed by atoms with Crippen LogP contribution in [0.15, 0.2) is 57.9 Å². The molecule has 1 heterocycles. The van der Waals surface area contributed by atoms with Gasteiger partial charge in [0.15, 0.2) is 5.82 Å². The monoisotopic (exact) mass is 651 g/mol. The van der Waals surface area contributed by atoms with E-state index in [2.05, 4.69) is 17.1 Å². The van der Waals surface area contributed by atoms with E-state index in [0.717, 1.165) is 42.0 Å². The molecular weight excluding hydrogens is 611 g/mol. The standard InChI is InChI=1S/C32H40F3N3O6S/c1-3-5-6-7-8-9-10-11-12-16-28-36-30(44-37-28)25-14-13-15-26(21-25)31(40)38(23-29(39)43-4-2)22-24-17-19-27(20-18-24)45(41,42)32(33,34)35/h13-15,17-21H,3-12,16,22-23H2,1-2H3. The van der Waals surface area contributed by atoms with Crippen molar-refractivity contribution in [3.8, 4) is 11.5 Å². The fourth-order valence-electron chi connectivity index (χ4n) is 4.72. The molecule has 246 valence electrons. The van der Waals surface area contributed by atoms with E-state index in [-0.39, 0.29) is 24.6 Å². The minimum atomic E-state index is -5.52. The molecule has 1 aromatic heterocycles. The number of hydrogen-bond donors (Lipinski definition) is 0. The fourth-order valence-corrected chi connectivity index (χ4v) is 5.49. The summed E-state index contributed by atoms with van der Waals surface area (Å²) in [6.07, 6.45) is 11.5. The largest absolute Gasteiger partial charge is 0.501 e. The van der Waals surface area contributed by atoms with Gasteiger partial charge in [0.25, 0.3) is 21.6 Å². The number of aromatic nitrogens is 2. The number of nitrogens with zero attached hydrogens (tertiary/aromatic N) is 3. The highest BCUT2D eigenvalue weighted by atomic mass is 32.2. The van der Waals surface area contributed by atoms with E-state index in [1.54, 1.807) is 31.2 Å². The van der Waals surface area contributed by atoms with E-state index in [1.807, 2.05) is 0 Å². The van der Waals surface area contributed by atoms with Crippen molar-refractivity contribution >= 4 is 21.7 Å². The summed E-state index contributed by atoms with van der Waals surface area (Å²) in [7, 11) is -5.52. The number of benzene rings is 2. The number of aryl methyl sites for hydroxylation is 1. The van der Waals surface area contributed by atoms with Gasteiger partial charge in [-0.25, -0.2) is 8.42 Å². The zero-order chi connectivity index (χ0) is 32.9. The highest BCUT2D eigenvalue weighted by Gasteiger charge is 2.46. The minimum absolute atomic E-state index is 0.0822. The number of alkyl halides is 3. The Morgan fingerprint density at radius 3 is 2.18 bits per heavy atom. The smallest absolute Gasteiger partial charge is 0.465 e. The highest BCUT2D eigenvalue weighted by molar-refractivity contribution is 7.92. The molecule has 0 N–H and O–H groups in total. The van der Waals surface area contributed by atoms with E-state index < -0.39 is 38.7 Å². The van der Waals surface area contributed by atoms with Crippen molar-refractivity contribution in [2.45, 2.75) is 95.0 Å². The number of halogens is 3. The van der Waals surface area contributed by atoms with E-state index in [1.165, 1.54) is 44.9 Å². The second-order valence-electron chi connectivity index (χ2n) is 10.7. The van der Waals surface area contributed by atoms with Gasteiger partial charge in [-0.2, -0.15) is 18.2 Å². The highest BCUT2D eigenvalue weighted by Crippen LogP contribution is 2.30. The van der Waals surface area contributed by atoms with Crippen LogP contribution in [0.2, 0.25) is 0 Å². The zero-order valence-corrected chi connectivity index (χ0v) is 26.5. The Morgan fingerprint density at radius 1 is 0.911 bits per heavy atom. The first-order valence-corrected chi connectivity index (χ1v) is 16.7. The van der Waals surface area contributed by atoms with Crippen molar-refractivity contribution in [2.75, 3.05) is 13.2 Å². The number of sulfone groups is 1. The van der Waals surface area contributed by atoms with Crippen LogP contribution in [0.4, 0.5) is 13.2 Å². The van der Waals surface area contributed by atoms with Crippen LogP contribution in [0.5, 0.6) is 0 Å². The lowest BCUT2D eigenvalue weighted by Gasteiger charge is -2.22. The van der Waals surface area contributed by atoms with Gasteiger partial charge in [-0.05, 0) is 49.2 Å². The predicted octanol–water partition coefficient (Wildman–Crippen LogP) is 7.31. The Bertz CT molecular complexity index is 1490. The third-order valence-corrected chi connectivity index (χ3v) is 8.65. The topological polar surface area (TPSA) is 120 Å². The molecule has 45 heavy (non-hydrogen) atoms. The van der Waals surface area contributed by atoms with Crippen LogP contribution < -0.4 is 0 Å². The SMILES string of the molecule is CCCCCCCCCCCc1noc(-c2cccc(C(=O)N(CC(=O)OCC)Cc3ccc(S(=O)(=O)C(F)(F)F)cc3)c2)n1. The molecule has 0 unspecified atom stereocenters. The summed E-state index contributed by atoms with van der Waals surface area (Å²) >= 11 is 0. The van der Waals surface area contributed by atoms with Gasteiger partial charge in [-0.3, -0.25) is 9.59 Å². The van der Waals surface area contributed by atoms with Crippen LogP contribution in [0.25, 0.3) is 11.5 Å². The lowest BCUT2D eigenvalue weighted by Crippen LogP contribution is -2.36. The van der Waals surface area contributed by atoms with Crippen LogP contribution in [0.3, 0.4) is 0 Å². The summed E-state index contributed by atoms with van der Waals surface area (Å²) < 4.78 is 72.6. The van der Waals surface area contributed by atoms with E-state index in [4.69, 9.17) is 9.26 Å². The average molecular weight is 652 g/mol. The first-order chi connectivity index (χ1) is 21.5. The van der Waals surface area contributed by atoms with Crippen molar-refractivity contribution in [3.63, 3.8) is 0 Å². The molecule has 3 aromatic rings.